The van der Waals surface area contributed by atoms with E-state index in [9.17, 15) is 9.59 Å². The number of hydrogen-bond donors (Lipinski definition) is 0. The predicted molar refractivity (Wildman–Crippen MR) is 79.1 cm³/mol. The Labute approximate surface area is 118 Å². The molecule has 2 fully saturated rings. The molecule has 4 heteroatoms. The van der Waals surface area contributed by atoms with E-state index >= 15 is 0 Å². The standard InChI is InChI=1S/C14H22O2S2/c1-9(15)10-3-6-13(7-10)18-14(16)11-4-5-12(8-11)17-2/h10-13H,3-8H2,1-2H3/t10-,11+,12-,13+/m1/s1. The van der Waals surface area contributed by atoms with Gasteiger partial charge in [0.15, 0.2) is 5.12 Å². The van der Waals surface area contributed by atoms with Crippen molar-refractivity contribution in [2.24, 2.45) is 11.8 Å². The summed E-state index contributed by atoms with van der Waals surface area (Å²) in [6.45, 7) is 1.68. The average molecular weight is 286 g/mol. The zero-order chi connectivity index (χ0) is 13.1. The van der Waals surface area contributed by atoms with Crippen LogP contribution < -0.4 is 0 Å². The van der Waals surface area contributed by atoms with Gasteiger partial charge >= 0.3 is 0 Å². The number of rotatable bonds is 4. The number of thioether (sulfide) groups is 2. The third-order valence-electron chi connectivity index (χ3n) is 4.29. The molecule has 2 aliphatic rings. The van der Waals surface area contributed by atoms with Crippen LogP contribution in [0.4, 0.5) is 0 Å². The van der Waals surface area contributed by atoms with E-state index in [-0.39, 0.29) is 11.8 Å². The Hall–Kier alpha value is 0.0400. The van der Waals surface area contributed by atoms with Crippen molar-refractivity contribution in [1.29, 1.82) is 0 Å². The predicted octanol–water partition coefficient (Wildman–Crippen LogP) is 3.54. The Morgan fingerprint density at radius 1 is 0.944 bits per heavy atom. The molecular weight excluding hydrogens is 264 g/mol. The summed E-state index contributed by atoms with van der Waals surface area (Å²) >= 11 is 3.43. The van der Waals surface area contributed by atoms with Crippen LogP contribution >= 0.6 is 23.5 Å². The van der Waals surface area contributed by atoms with Crippen LogP contribution in [0, 0.1) is 11.8 Å². The van der Waals surface area contributed by atoms with E-state index in [4.69, 9.17) is 0 Å². The first-order chi connectivity index (χ1) is 8.60. The van der Waals surface area contributed by atoms with E-state index in [1.807, 2.05) is 11.8 Å². The van der Waals surface area contributed by atoms with Crippen molar-refractivity contribution in [3.05, 3.63) is 0 Å². The highest BCUT2D eigenvalue weighted by Crippen LogP contribution is 2.40. The van der Waals surface area contributed by atoms with Gasteiger partial charge < -0.3 is 0 Å². The first-order valence-corrected chi connectivity index (χ1v) is 9.00. The fourth-order valence-corrected chi connectivity index (χ4v) is 5.16. The van der Waals surface area contributed by atoms with Gasteiger partial charge in [-0.2, -0.15) is 11.8 Å². The van der Waals surface area contributed by atoms with Crippen molar-refractivity contribution in [2.75, 3.05) is 6.26 Å². The summed E-state index contributed by atoms with van der Waals surface area (Å²) in [5, 5.41) is 1.48. The number of ketones is 1. The SMILES string of the molecule is CS[C@@H]1CC[C@H](C(=O)S[C@H]2CC[C@@H](C(C)=O)C2)C1. The summed E-state index contributed by atoms with van der Waals surface area (Å²) in [5.41, 5.74) is 0. The summed E-state index contributed by atoms with van der Waals surface area (Å²) in [4.78, 5) is 23.5. The summed E-state index contributed by atoms with van der Waals surface area (Å²) in [6, 6.07) is 0. The Bertz CT molecular complexity index is 330. The van der Waals surface area contributed by atoms with Gasteiger partial charge in [-0.15, -0.1) is 0 Å². The number of hydrogen-bond acceptors (Lipinski definition) is 4. The third kappa shape index (κ3) is 3.53. The van der Waals surface area contributed by atoms with Crippen molar-refractivity contribution < 1.29 is 9.59 Å². The highest BCUT2D eigenvalue weighted by Gasteiger charge is 2.34. The van der Waals surface area contributed by atoms with Gasteiger partial charge in [-0.05, 0) is 51.7 Å². The second kappa shape index (κ2) is 6.47. The second-order valence-electron chi connectivity index (χ2n) is 5.55. The van der Waals surface area contributed by atoms with E-state index in [1.54, 1.807) is 6.92 Å². The molecule has 0 heterocycles. The molecule has 0 aromatic carbocycles. The molecule has 2 rings (SSSR count). The van der Waals surface area contributed by atoms with E-state index in [1.165, 1.54) is 18.2 Å². The van der Waals surface area contributed by atoms with Gasteiger partial charge in [0.2, 0.25) is 0 Å². The van der Waals surface area contributed by atoms with Gasteiger partial charge in [0, 0.05) is 22.3 Å². The highest BCUT2D eigenvalue weighted by atomic mass is 32.2. The van der Waals surface area contributed by atoms with Crippen LogP contribution in [0.3, 0.4) is 0 Å². The van der Waals surface area contributed by atoms with Gasteiger partial charge in [-0.25, -0.2) is 0 Å². The van der Waals surface area contributed by atoms with Crippen molar-refractivity contribution in [2.45, 2.75) is 55.9 Å². The van der Waals surface area contributed by atoms with Crippen LogP contribution in [-0.4, -0.2) is 27.7 Å². The minimum atomic E-state index is 0.220. The Balaban J connectivity index is 1.77. The maximum absolute atomic E-state index is 12.2. The normalized spacial score (nSPS) is 35.9. The first kappa shape index (κ1) is 14.4. The molecule has 0 radical (unpaired) electrons. The molecule has 0 unspecified atom stereocenters. The maximum atomic E-state index is 12.2. The fraction of sp³-hybridized carbons (Fsp3) is 0.857. The molecule has 2 saturated carbocycles. The highest BCUT2D eigenvalue weighted by molar-refractivity contribution is 8.14. The van der Waals surface area contributed by atoms with Crippen molar-refractivity contribution in [1.82, 2.24) is 0 Å². The molecule has 0 saturated heterocycles. The van der Waals surface area contributed by atoms with Crippen LogP contribution in [0.1, 0.15) is 45.4 Å². The smallest absolute Gasteiger partial charge is 0.192 e. The van der Waals surface area contributed by atoms with E-state index in [2.05, 4.69) is 6.26 Å². The van der Waals surface area contributed by atoms with E-state index in [0.717, 1.165) is 32.1 Å². The van der Waals surface area contributed by atoms with Gasteiger partial charge in [0.05, 0.1) is 0 Å². The molecule has 0 amide bonds. The quantitative estimate of drug-likeness (QED) is 0.791. The summed E-state index contributed by atoms with van der Waals surface area (Å²) in [6.07, 6.45) is 8.41. The van der Waals surface area contributed by atoms with Crippen molar-refractivity contribution >= 4 is 34.4 Å². The molecule has 18 heavy (non-hydrogen) atoms. The molecule has 0 aliphatic heterocycles. The van der Waals surface area contributed by atoms with Gasteiger partial charge in [0.1, 0.15) is 5.78 Å². The molecule has 0 bridgehead atoms. The van der Waals surface area contributed by atoms with Crippen LogP contribution in [0.15, 0.2) is 0 Å². The van der Waals surface area contributed by atoms with Gasteiger partial charge in [0.25, 0.3) is 0 Å². The first-order valence-electron chi connectivity index (χ1n) is 6.84. The zero-order valence-corrected chi connectivity index (χ0v) is 12.8. The molecule has 0 N–H and O–H groups in total. The van der Waals surface area contributed by atoms with Crippen molar-refractivity contribution in [3.63, 3.8) is 0 Å². The summed E-state index contributed by atoms with van der Waals surface area (Å²) in [7, 11) is 0. The Morgan fingerprint density at radius 3 is 2.11 bits per heavy atom. The van der Waals surface area contributed by atoms with Crippen molar-refractivity contribution in [3.8, 4) is 0 Å². The summed E-state index contributed by atoms with van der Waals surface area (Å²) in [5.74, 6) is 0.801. The number of carbonyl (C=O) groups is 2. The summed E-state index contributed by atoms with van der Waals surface area (Å²) < 4.78 is 0. The third-order valence-corrected chi connectivity index (χ3v) is 6.72. The minimum absolute atomic E-state index is 0.220. The van der Waals surface area contributed by atoms with Gasteiger partial charge in [-0.1, -0.05) is 11.8 Å². The molecule has 0 aromatic rings. The Morgan fingerprint density at radius 2 is 1.56 bits per heavy atom. The largest absolute Gasteiger partial charge is 0.300 e. The second-order valence-corrected chi connectivity index (χ2v) is 7.99. The minimum Gasteiger partial charge on any atom is -0.300 e. The lowest BCUT2D eigenvalue weighted by atomic mass is 10.0. The maximum Gasteiger partial charge on any atom is 0.192 e. The molecular formula is C14H22O2S2. The molecule has 0 spiro atoms. The van der Waals surface area contributed by atoms with Crippen LogP contribution in [0.5, 0.6) is 0 Å². The zero-order valence-electron chi connectivity index (χ0n) is 11.2. The van der Waals surface area contributed by atoms with E-state index < -0.39 is 0 Å². The van der Waals surface area contributed by atoms with Crippen LogP contribution in [0.25, 0.3) is 0 Å². The van der Waals surface area contributed by atoms with Gasteiger partial charge in [-0.3, -0.25) is 9.59 Å². The molecule has 0 aromatic heterocycles. The topological polar surface area (TPSA) is 34.1 Å². The molecule has 4 atom stereocenters. The number of carbonyl (C=O) groups excluding carboxylic acids is 2. The number of Topliss-reactive ketones (excluding diaryl/α,β-unsaturated/α-hetero) is 1. The Kier molecular flexibility index (Phi) is 5.19. The molecule has 102 valence electrons. The lowest BCUT2D eigenvalue weighted by Gasteiger charge is -2.12. The lowest BCUT2D eigenvalue weighted by molar-refractivity contribution is -0.120. The monoisotopic (exact) mass is 286 g/mol. The fourth-order valence-electron chi connectivity index (χ4n) is 3.05. The van der Waals surface area contributed by atoms with Crippen LogP contribution in [-0.2, 0) is 9.59 Å². The average Bonchev–Trinajstić information content (AvgIpc) is 2.96. The lowest BCUT2D eigenvalue weighted by Crippen LogP contribution is -2.13. The van der Waals surface area contributed by atoms with Crippen LogP contribution in [0.2, 0.25) is 0 Å². The van der Waals surface area contributed by atoms with E-state index in [0.29, 0.717) is 21.4 Å². The molecule has 2 nitrogen and oxygen atoms in total. The molecule has 2 aliphatic carbocycles.